The Morgan fingerprint density at radius 3 is 2.52 bits per heavy atom. The van der Waals surface area contributed by atoms with Crippen molar-refractivity contribution in [1.29, 1.82) is 0 Å². The van der Waals surface area contributed by atoms with Gasteiger partial charge in [0.1, 0.15) is 12.1 Å². The zero-order valence-electron chi connectivity index (χ0n) is 14.2. The van der Waals surface area contributed by atoms with Gasteiger partial charge >= 0.3 is 6.03 Å². The third-order valence-corrected chi connectivity index (χ3v) is 4.18. The van der Waals surface area contributed by atoms with E-state index in [9.17, 15) is 14.4 Å². The summed E-state index contributed by atoms with van der Waals surface area (Å²) in [6.07, 6.45) is 0. The summed E-state index contributed by atoms with van der Waals surface area (Å²) >= 11 is 0. The van der Waals surface area contributed by atoms with E-state index in [1.165, 1.54) is 0 Å². The van der Waals surface area contributed by atoms with Crippen LogP contribution in [0.1, 0.15) is 23.7 Å². The molecule has 2 aromatic rings. The maximum atomic E-state index is 12.8. The topological polar surface area (TPSA) is 107 Å². The van der Waals surface area contributed by atoms with Gasteiger partial charge in [-0.2, -0.15) is 5.10 Å². The molecule has 1 aromatic carbocycles. The number of benzene rings is 1. The Kier molecular flexibility index (Phi) is 4.03. The summed E-state index contributed by atoms with van der Waals surface area (Å²) in [5, 5.41) is 11.8. The van der Waals surface area contributed by atoms with Crippen LogP contribution < -0.4 is 10.6 Å². The van der Waals surface area contributed by atoms with Gasteiger partial charge in [-0.25, -0.2) is 4.79 Å². The highest BCUT2D eigenvalue weighted by molar-refractivity contribution is 6.10. The molecule has 1 aliphatic heterocycles. The van der Waals surface area contributed by atoms with E-state index in [4.69, 9.17) is 0 Å². The zero-order chi connectivity index (χ0) is 18.2. The second kappa shape index (κ2) is 6.04. The Morgan fingerprint density at radius 2 is 1.92 bits per heavy atom. The first-order chi connectivity index (χ1) is 11.8. The minimum absolute atomic E-state index is 0.343. The molecule has 0 radical (unpaired) electrons. The first-order valence-electron chi connectivity index (χ1n) is 7.83. The molecule has 1 saturated heterocycles. The van der Waals surface area contributed by atoms with Crippen molar-refractivity contribution in [1.82, 2.24) is 20.4 Å². The lowest BCUT2D eigenvalue weighted by Gasteiger charge is -2.22. The molecular weight excluding hydrogens is 322 g/mol. The summed E-state index contributed by atoms with van der Waals surface area (Å²) in [6.45, 7) is 4.99. The SMILES string of the molecule is Cc1ccc([C@@]2(C)NC(=O)N(CC(=O)Nc3cc(C)[nH]n3)C2=O)cc1. The molecule has 0 bridgehead atoms. The highest BCUT2D eigenvalue weighted by Crippen LogP contribution is 2.28. The highest BCUT2D eigenvalue weighted by atomic mass is 16.2. The Hall–Kier alpha value is -3.16. The minimum atomic E-state index is -1.19. The normalized spacial score (nSPS) is 19.9. The third kappa shape index (κ3) is 3.10. The number of carbonyl (C=O) groups excluding carboxylic acids is 3. The summed E-state index contributed by atoms with van der Waals surface area (Å²) in [7, 11) is 0. The largest absolute Gasteiger partial charge is 0.325 e. The lowest BCUT2D eigenvalue weighted by atomic mass is 9.91. The molecule has 0 aliphatic carbocycles. The average molecular weight is 341 g/mol. The number of imide groups is 1. The van der Waals surface area contributed by atoms with Crippen LogP contribution in [0, 0.1) is 13.8 Å². The summed E-state index contributed by atoms with van der Waals surface area (Å²) in [4.78, 5) is 38.0. The highest BCUT2D eigenvalue weighted by Gasteiger charge is 2.49. The number of hydrogen-bond donors (Lipinski definition) is 3. The van der Waals surface area contributed by atoms with Crippen LogP contribution in [-0.4, -0.2) is 39.5 Å². The lowest BCUT2D eigenvalue weighted by Crippen LogP contribution is -2.42. The van der Waals surface area contributed by atoms with Gasteiger partial charge in [0.25, 0.3) is 5.91 Å². The van der Waals surface area contributed by atoms with Gasteiger partial charge in [0.05, 0.1) is 0 Å². The number of aryl methyl sites for hydroxylation is 2. The first kappa shape index (κ1) is 16.7. The molecule has 0 spiro atoms. The quantitative estimate of drug-likeness (QED) is 0.731. The molecule has 130 valence electrons. The van der Waals surface area contributed by atoms with Crippen molar-refractivity contribution in [3.8, 4) is 0 Å². The Balaban J connectivity index is 1.74. The molecule has 0 saturated carbocycles. The van der Waals surface area contributed by atoms with Gasteiger partial charge in [-0.3, -0.25) is 19.6 Å². The van der Waals surface area contributed by atoms with E-state index in [1.54, 1.807) is 32.0 Å². The number of anilines is 1. The molecule has 1 fully saturated rings. The minimum Gasteiger partial charge on any atom is -0.319 e. The lowest BCUT2D eigenvalue weighted by molar-refractivity contribution is -0.133. The number of aromatic amines is 1. The van der Waals surface area contributed by atoms with E-state index in [-0.39, 0.29) is 6.54 Å². The van der Waals surface area contributed by atoms with Gasteiger partial charge in [-0.05, 0) is 26.3 Å². The predicted molar refractivity (Wildman–Crippen MR) is 90.7 cm³/mol. The van der Waals surface area contributed by atoms with Crippen LogP contribution in [0.4, 0.5) is 10.6 Å². The van der Waals surface area contributed by atoms with Crippen LogP contribution in [0.5, 0.6) is 0 Å². The van der Waals surface area contributed by atoms with Crippen LogP contribution in [0.15, 0.2) is 30.3 Å². The summed E-state index contributed by atoms with van der Waals surface area (Å²) < 4.78 is 0. The van der Waals surface area contributed by atoms with E-state index < -0.39 is 23.4 Å². The van der Waals surface area contributed by atoms with Crippen LogP contribution in [0.2, 0.25) is 0 Å². The smallest absolute Gasteiger partial charge is 0.319 e. The van der Waals surface area contributed by atoms with Gasteiger partial charge < -0.3 is 10.6 Å². The number of amides is 4. The number of nitrogens with one attached hydrogen (secondary N) is 3. The fourth-order valence-corrected chi connectivity index (χ4v) is 2.73. The molecule has 4 amide bonds. The van der Waals surface area contributed by atoms with Gasteiger partial charge in [0, 0.05) is 11.8 Å². The van der Waals surface area contributed by atoms with Gasteiger partial charge in [0.2, 0.25) is 5.91 Å². The van der Waals surface area contributed by atoms with E-state index >= 15 is 0 Å². The molecule has 8 heteroatoms. The Bertz CT molecular complexity index is 842. The summed E-state index contributed by atoms with van der Waals surface area (Å²) in [5.74, 6) is -0.617. The number of rotatable bonds is 4. The molecule has 3 N–H and O–H groups in total. The molecule has 2 heterocycles. The number of nitrogens with zero attached hydrogens (tertiary/aromatic N) is 2. The second-order valence-corrected chi connectivity index (χ2v) is 6.30. The van der Waals surface area contributed by atoms with Crippen molar-refractivity contribution in [3.05, 3.63) is 47.2 Å². The predicted octanol–water partition coefficient (Wildman–Crippen LogP) is 1.43. The van der Waals surface area contributed by atoms with E-state index in [0.717, 1.165) is 16.2 Å². The maximum Gasteiger partial charge on any atom is 0.325 e. The number of H-pyrrole nitrogens is 1. The number of carbonyl (C=O) groups is 3. The van der Waals surface area contributed by atoms with Crippen LogP contribution >= 0.6 is 0 Å². The van der Waals surface area contributed by atoms with Gasteiger partial charge in [-0.1, -0.05) is 29.8 Å². The monoisotopic (exact) mass is 341 g/mol. The molecule has 0 unspecified atom stereocenters. The molecule has 1 aromatic heterocycles. The first-order valence-corrected chi connectivity index (χ1v) is 7.83. The van der Waals surface area contributed by atoms with Crippen LogP contribution in [0.25, 0.3) is 0 Å². The Morgan fingerprint density at radius 1 is 1.24 bits per heavy atom. The van der Waals surface area contributed by atoms with Crippen molar-refractivity contribution in [2.45, 2.75) is 26.3 Å². The van der Waals surface area contributed by atoms with E-state index in [0.29, 0.717) is 11.4 Å². The third-order valence-electron chi connectivity index (χ3n) is 4.18. The number of hydrogen-bond acceptors (Lipinski definition) is 4. The van der Waals surface area contributed by atoms with Crippen molar-refractivity contribution in [3.63, 3.8) is 0 Å². The molecule has 1 atom stereocenters. The summed E-state index contributed by atoms with van der Waals surface area (Å²) in [5.41, 5.74) is 1.32. The van der Waals surface area contributed by atoms with Crippen LogP contribution in [-0.2, 0) is 15.1 Å². The average Bonchev–Trinajstić information content (AvgIpc) is 3.05. The molecule has 1 aliphatic rings. The molecular formula is C17H19N5O3. The fourth-order valence-electron chi connectivity index (χ4n) is 2.73. The summed E-state index contributed by atoms with van der Waals surface area (Å²) in [6, 6.07) is 8.39. The molecule has 8 nitrogen and oxygen atoms in total. The molecule has 25 heavy (non-hydrogen) atoms. The van der Waals surface area contributed by atoms with Gasteiger partial charge in [0.15, 0.2) is 5.82 Å². The number of urea groups is 1. The second-order valence-electron chi connectivity index (χ2n) is 6.30. The standard InChI is InChI=1S/C17H19N5O3/c1-10-4-6-12(7-5-10)17(3)15(24)22(16(25)19-17)9-14(23)18-13-8-11(2)20-21-13/h4-8H,9H2,1-3H3,(H,19,25)(H2,18,20,21,23)/t17-/m1/s1. The Labute approximate surface area is 144 Å². The van der Waals surface area contributed by atoms with E-state index in [1.807, 2.05) is 19.1 Å². The van der Waals surface area contributed by atoms with Crippen LogP contribution in [0.3, 0.4) is 0 Å². The zero-order valence-corrected chi connectivity index (χ0v) is 14.2. The number of aromatic nitrogens is 2. The molecule has 3 rings (SSSR count). The van der Waals surface area contributed by atoms with E-state index in [2.05, 4.69) is 20.8 Å². The van der Waals surface area contributed by atoms with Crippen molar-refractivity contribution < 1.29 is 14.4 Å². The maximum absolute atomic E-state index is 12.8. The van der Waals surface area contributed by atoms with Gasteiger partial charge in [-0.15, -0.1) is 0 Å². The van der Waals surface area contributed by atoms with Crippen molar-refractivity contribution in [2.24, 2.45) is 0 Å². The van der Waals surface area contributed by atoms with Crippen molar-refractivity contribution in [2.75, 3.05) is 11.9 Å². The van der Waals surface area contributed by atoms with Crippen molar-refractivity contribution >= 4 is 23.7 Å². The fraction of sp³-hybridized carbons (Fsp3) is 0.294.